The first-order valence-corrected chi connectivity index (χ1v) is 10.3. The van der Waals surface area contributed by atoms with E-state index in [2.05, 4.69) is 26.0 Å². The summed E-state index contributed by atoms with van der Waals surface area (Å²) in [4.78, 5) is 38.1. The van der Waals surface area contributed by atoms with Gasteiger partial charge in [-0.2, -0.15) is 10.2 Å². The SMILES string of the molecule is O=C(N[C@H](C(=O)N/N=C/c1cccc(Cl)c1)c1n[nH]c(=O)c2ccccc12)c1ccccc1. The lowest BCUT2D eigenvalue weighted by Crippen LogP contribution is -2.40. The molecule has 0 aliphatic carbocycles. The van der Waals surface area contributed by atoms with Gasteiger partial charge in [-0.3, -0.25) is 14.4 Å². The van der Waals surface area contributed by atoms with Crippen LogP contribution in [-0.4, -0.2) is 28.2 Å². The number of halogens is 1. The van der Waals surface area contributed by atoms with Crippen LogP contribution in [0.15, 0.2) is 88.8 Å². The summed E-state index contributed by atoms with van der Waals surface area (Å²) < 4.78 is 0. The van der Waals surface area contributed by atoms with E-state index in [1.807, 2.05) is 0 Å². The van der Waals surface area contributed by atoms with Crippen LogP contribution in [0.1, 0.15) is 27.7 Å². The second-order valence-corrected chi connectivity index (χ2v) is 7.48. The lowest BCUT2D eigenvalue weighted by molar-refractivity contribution is -0.123. The van der Waals surface area contributed by atoms with Gasteiger partial charge in [0.2, 0.25) is 0 Å². The van der Waals surface area contributed by atoms with Crippen molar-refractivity contribution in [2.75, 3.05) is 0 Å². The van der Waals surface area contributed by atoms with Crippen molar-refractivity contribution in [2.24, 2.45) is 5.10 Å². The van der Waals surface area contributed by atoms with Crippen LogP contribution in [0, 0.1) is 0 Å². The molecular weight excluding hydrogens is 442 g/mol. The number of rotatable bonds is 6. The molecule has 0 saturated heterocycles. The van der Waals surface area contributed by atoms with E-state index in [1.165, 1.54) is 6.21 Å². The summed E-state index contributed by atoms with van der Waals surface area (Å²) in [6, 6.07) is 20.9. The molecule has 164 valence electrons. The second-order valence-electron chi connectivity index (χ2n) is 7.05. The van der Waals surface area contributed by atoms with Gasteiger partial charge in [-0.05, 0) is 35.9 Å². The molecule has 1 heterocycles. The summed E-state index contributed by atoms with van der Waals surface area (Å²) in [6.07, 6.45) is 1.43. The van der Waals surface area contributed by atoms with E-state index in [0.717, 1.165) is 0 Å². The molecule has 0 spiro atoms. The van der Waals surface area contributed by atoms with E-state index in [1.54, 1.807) is 78.9 Å². The van der Waals surface area contributed by atoms with Gasteiger partial charge in [-0.1, -0.05) is 60.1 Å². The number of hydrogen-bond donors (Lipinski definition) is 3. The third-order valence-corrected chi connectivity index (χ3v) is 5.04. The molecular formula is C24H18ClN5O3. The van der Waals surface area contributed by atoms with E-state index in [9.17, 15) is 14.4 Å². The van der Waals surface area contributed by atoms with Gasteiger partial charge in [0.1, 0.15) is 5.69 Å². The largest absolute Gasteiger partial charge is 0.335 e. The maximum Gasteiger partial charge on any atom is 0.272 e. The summed E-state index contributed by atoms with van der Waals surface area (Å²) in [5.41, 5.74) is 3.26. The van der Waals surface area contributed by atoms with E-state index >= 15 is 0 Å². The smallest absolute Gasteiger partial charge is 0.272 e. The van der Waals surface area contributed by atoms with Gasteiger partial charge < -0.3 is 5.32 Å². The molecule has 1 aromatic heterocycles. The molecule has 3 N–H and O–H groups in total. The number of aromatic nitrogens is 2. The van der Waals surface area contributed by atoms with Gasteiger partial charge in [-0.25, -0.2) is 10.5 Å². The number of benzene rings is 3. The fourth-order valence-corrected chi connectivity index (χ4v) is 3.44. The Hall–Kier alpha value is -4.30. The predicted octanol–water partition coefficient (Wildman–Crippen LogP) is 3.20. The van der Waals surface area contributed by atoms with E-state index < -0.39 is 23.4 Å². The Morgan fingerprint density at radius 2 is 1.70 bits per heavy atom. The molecule has 0 fully saturated rings. The molecule has 0 saturated carbocycles. The Bertz CT molecular complexity index is 1400. The van der Waals surface area contributed by atoms with Gasteiger partial charge in [-0.15, -0.1) is 0 Å². The number of carbonyl (C=O) groups excluding carboxylic acids is 2. The highest BCUT2D eigenvalue weighted by atomic mass is 35.5. The van der Waals surface area contributed by atoms with Crippen LogP contribution in [-0.2, 0) is 4.79 Å². The Morgan fingerprint density at radius 3 is 2.45 bits per heavy atom. The van der Waals surface area contributed by atoms with Crippen LogP contribution >= 0.6 is 11.6 Å². The van der Waals surface area contributed by atoms with Gasteiger partial charge in [0.15, 0.2) is 6.04 Å². The standard InChI is InChI=1S/C24H18ClN5O3/c25-17-10-6-7-15(13-17)14-26-29-24(33)21(27-22(31)16-8-2-1-3-9-16)20-18-11-4-5-12-19(18)23(32)30-28-20/h1-14,21H,(H,27,31)(H,29,33)(H,30,32)/b26-14+/t21-/m0/s1. The number of aromatic amines is 1. The quantitative estimate of drug-likeness (QED) is 0.303. The number of hydrazone groups is 1. The summed E-state index contributed by atoms with van der Waals surface area (Å²) in [7, 11) is 0. The number of hydrogen-bond acceptors (Lipinski definition) is 5. The number of nitrogens with zero attached hydrogens (tertiary/aromatic N) is 2. The Kier molecular flexibility index (Phi) is 6.56. The van der Waals surface area contributed by atoms with E-state index in [0.29, 0.717) is 26.9 Å². The first-order chi connectivity index (χ1) is 16.0. The first-order valence-electron chi connectivity index (χ1n) is 9.94. The topological polar surface area (TPSA) is 116 Å². The van der Waals surface area contributed by atoms with Gasteiger partial charge in [0, 0.05) is 16.0 Å². The molecule has 1 atom stereocenters. The lowest BCUT2D eigenvalue weighted by atomic mass is 10.0. The van der Waals surface area contributed by atoms with Crippen molar-refractivity contribution in [1.82, 2.24) is 20.9 Å². The van der Waals surface area contributed by atoms with Crippen molar-refractivity contribution in [2.45, 2.75) is 6.04 Å². The highest BCUT2D eigenvalue weighted by Crippen LogP contribution is 2.20. The summed E-state index contributed by atoms with van der Waals surface area (Å²) in [5.74, 6) is -1.12. The van der Waals surface area contributed by atoms with Crippen molar-refractivity contribution in [3.05, 3.63) is 111 Å². The van der Waals surface area contributed by atoms with Crippen LogP contribution in [0.4, 0.5) is 0 Å². The average Bonchev–Trinajstić information content (AvgIpc) is 2.84. The molecule has 0 unspecified atom stereocenters. The third-order valence-electron chi connectivity index (χ3n) is 4.81. The third kappa shape index (κ3) is 5.13. The van der Waals surface area contributed by atoms with Crippen molar-refractivity contribution in [3.8, 4) is 0 Å². The summed E-state index contributed by atoms with van der Waals surface area (Å²) in [5, 5.41) is 14.4. The zero-order chi connectivity index (χ0) is 23.2. The molecule has 2 amide bonds. The van der Waals surface area contributed by atoms with Crippen molar-refractivity contribution >= 4 is 40.4 Å². The van der Waals surface area contributed by atoms with Gasteiger partial charge >= 0.3 is 0 Å². The fraction of sp³-hybridized carbons (Fsp3) is 0.0417. The highest BCUT2D eigenvalue weighted by molar-refractivity contribution is 6.30. The van der Waals surface area contributed by atoms with E-state index in [4.69, 9.17) is 11.6 Å². The van der Waals surface area contributed by atoms with Crippen LogP contribution in [0.5, 0.6) is 0 Å². The number of carbonyl (C=O) groups is 2. The maximum absolute atomic E-state index is 13.1. The lowest BCUT2D eigenvalue weighted by Gasteiger charge is -2.18. The zero-order valence-corrected chi connectivity index (χ0v) is 17.9. The number of nitrogens with one attached hydrogen (secondary N) is 3. The number of H-pyrrole nitrogens is 1. The predicted molar refractivity (Wildman–Crippen MR) is 126 cm³/mol. The minimum absolute atomic E-state index is 0.185. The molecule has 0 aliphatic heterocycles. The summed E-state index contributed by atoms with van der Waals surface area (Å²) in [6.45, 7) is 0. The van der Waals surface area contributed by atoms with Crippen molar-refractivity contribution < 1.29 is 9.59 Å². The normalized spacial score (nSPS) is 11.9. The minimum atomic E-state index is -1.23. The van der Waals surface area contributed by atoms with Crippen molar-refractivity contribution in [1.29, 1.82) is 0 Å². The molecule has 0 radical (unpaired) electrons. The van der Waals surface area contributed by atoms with E-state index in [-0.39, 0.29) is 5.69 Å². The molecule has 4 aromatic rings. The molecule has 33 heavy (non-hydrogen) atoms. The van der Waals surface area contributed by atoms with Gasteiger partial charge in [0.05, 0.1) is 11.6 Å². The Morgan fingerprint density at radius 1 is 0.970 bits per heavy atom. The summed E-state index contributed by atoms with van der Waals surface area (Å²) >= 11 is 5.97. The van der Waals surface area contributed by atoms with Crippen LogP contribution in [0.2, 0.25) is 5.02 Å². The Balaban J connectivity index is 1.67. The molecule has 0 aliphatic rings. The zero-order valence-electron chi connectivity index (χ0n) is 17.2. The highest BCUT2D eigenvalue weighted by Gasteiger charge is 2.27. The number of fused-ring (bicyclic) bond motifs is 1. The molecule has 0 bridgehead atoms. The van der Waals surface area contributed by atoms with Crippen LogP contribution in [0.25, 0.3) is 10.8 Å². The Labute approximate surface area is 193 Å². The first kappa shape index (κ1) is 21.9. The second kappa shape index (κ2) is 9.88. The van der Waals surface area contributed by atoms with Crippen molar-refractivity contribution in [3.63, 3.8) is 0 Å². The monoisotopic (exact) mass is 459 g/mol. The molecule has 3 aromatic carbocycles. The number of amides is 2. The molecule has 9 heteroatoms. The van der Waals surface area contributed by atoms with Crippen LogP contribution in [0.3, 0.4) is 0 Å². The minimum Gasteiger partial charge on any atom is -0.335 e. The molecule has 4 rings (SSSR count). The average molecular weight is 460 g/mol. The molecule has 8 nitrogen and oxygen atoms in total. The van der Waals surface area contributed by atoms with Gasteiger partial charge in [0.25, 0.3) is 17.4 Å². The fourth-order valence-electron chi connectivity index (χ4n) is 3.24. The maximum atomic E-state index is 13.1. The van der Waals surface area contributed by atoms with Crippen LogP contribution < -0.4 is 16.3 Å².